The van der Waals surface area contributed by atoms with Crippen LogP contribution in [0.1, 0.15) is 25.6 Å². The summed E-state index contributed by atoms with van der Waals surface area (Å²) in [5.41, 5.74) is 0.677. The van der Waals surface area contributed by atoms with Crippen molar-refractivity contribution >= 4 is 22.6 Å². The Morgan fingerprint density at radius 3 is 2.76 bits per heavy atom. The lowest BCUT2D eigenvalue weighted by Crippen LogP contribution is -2.29. The van der Waals surface area contributed by atoms with Crippen molar-refractivity contribution in [2.75, 3.05) is 13.1 Å². The van der Waals surface area contributed by atoms with Gasteiger partial charge in [-0.1, -0.05) is 6.92 Å². The first-order valence-corrected chi connectivity index (χ1v) is 7.82. The minimum Gasteiger partial charge on any atom is -0.323 e. The zero-order chi connectivity index (χ0) is 15.0. The molecular weight excluding hydrogens is 296 g/mol. The van der Waals surface area contributed by atoms with E-state index in [0.717, 1.165) is 19.2 Å². The maximum absolute atomic E-state index is 14.1. The number of fused-ring (bicyclic) bond motifs is 1. The third-order valence-electron chi connectivity index (χ3n) is 4.08. The summed E-state index contributed by atoms with van der Waals surface area (Å²) in [5.74, 6) is -0.918. The highest BCUT2D eigenvalue weighted by atomic mass is 35.5. The predicted octanol–water partition coefficient (Wildman–Crippen LogP) is 3.54. The topological polar surface area (TPSA) is 21.1 Å². The van der Waals surface area contributed by atoms with Crippen LogP contribution >= 0.6 is 11.6 Å². The zero-order valence-corrected chi connectivity index (χ0v) is 12.7. The lowest BCUT2D eigenvalue weighted by Gasteiger charge is -2.20. The second-order valence-electron chi connectivity index (χ2n) is 5.40. The molecule has 0 spiro atoms. The number of benzene rings is 1. The van der Waals surface area contributed by atoms with Crippen molar-refractivity contribution in [1.29, 1.82) is 0 Å². The molecule has 1 aromatic carbocycles. The van der Waals surface area contributed by atoms with Gasteiger partial charge < -0.3 is 4.57 Å². The van der Waals surface area contributed by atoms with E-state index in [1.807, 2.05) is 0 Å². The summed E-state index contributed by atoms with van der Waals surface area (Å²) in [4.78, 5) is 6.67. The summed E-state index contributed by atoms with van der Waals surface area (Å²) < 4.78 is 29.3. The molecule has 0 amide bonds. The fourth-order valence-electron chi connectivity index (χ4n) is 2.82. The average Bonchev–Trinajstić information content (AvgIpc) is 3.25. The summed E-state index contributed by atoms with van der Waals surface area (Å²) in [6, 6.07) is 3.25. The molecule has 1 aromatic heterocycles. The molecule has 1 saturated carbocycles. The summed E-state index contributed by atoms with van der Waals surface area (Å²) in [6.07, 6.45) is 2.45. The Kier molecular flexibility index (Phi) is 4.13. The van der Waals surface area contributed by atoms with Crippen molar-refractivity contribution < 1.29 is 8.78 Å². The molecule has 2 aromatic rings. The molecule has 1 heterocycles. The van der Waals surface area contributed by atoms with Gasteiger partial charge in [-0.05, 0) is 31.5 Å². The van der Waals surface area contributed by atoms with E-state index in [4.69, 9.17) is 11.6 Å². The molecule has 3 rings (SSSR count). The van der Waals surface area contributed by atoms with Gasteiger partial charge in [-0.25, -0.2) is 13.8 Å². The highest BCUT2D eigenvalue weighted by molar-refractivity contribution is 6.16. The van der Waals surface area contributed by atoms with Crippen LogP contribution in [0, 0.1) is 11.6 Å². The van der Waals surface area contributed by atoms with Gasteiger partial charge in [0.25, 0.3) is 0 Å². The van der Waals surface area contributed by atoms with Gasteiger partial charge in [0.1, 0.15) is 11.3 Å². The first-order valence-electron chi connectivity index (χ1n) is 7.28. The summed E-state index contributed by atoms with van der Waals surface area (Å²) in [5, 5.41) is 0. The summed E-state index contributed by atoms with van der Waals surface area (Å²) in [7, 11) is 0. The third kappa shape index (κ3) is 2.77. The van der Waals surface area contributed by atoms with E-state index in [9.17, 15) is 8.78 Å². The molecule has 21 heavy (non-hydrogen) atoms. The van der Waals surface area contributed by atoms with E-state index < -0.39 is 11.6 Å². The van der Waals surface area contributed by atoms with E-state index in [1.165, 1.54) is 18.9 Å². The first kappa shape index (κ1) is 14.7. The van der Waals surface area contributed by atoms with Crippen LogP contribution in [0.25, 0.3) is 11.0 Å². The Morgan fingerprint density at radius 2 is 2.14 bits per heavy atom. The van der Waals surface area contributed by atoms with Crippen molar-refractivity contribution in [3.05, 3.63) is 29.6 Å². The third-order valence-corrected chi connectivity index (χ3v) is 4.32. The smallest absolute Gasteiger partial charge is 0.184 e. The van der Waals surface area contributed by atoms with Gasteiger partial charge in [0, 0.05) is 19.1 Å². The number of hydrogen-bond acceptors (Lipinski definition) is 2. The number of likely N-dealkylation sites (N-methyl/N-ethyl adjacent to an activating group) is 1. The molecule has 0 atom stereocenters. The van der Waals surface area contributed by atoms with Gasteiger partial charge in [-0.15, -0.1) is 11.6 Å². The van der Waals surface area contributed by atoms with Gasteiger partial charge in [0.2, 0.25) is 0 Å². The van der Waals surface area contributed by atoms with Crippen LogP contribution in [-0.4, -0.2) is 33.6 Å². The molecule has 0 unspecified atom stereocenters. The van der Waals surface area contributed by atoms with E-state index in [1.54, 1.807) is 4.57 Å². The van der Waals surface area contributed by atoms with Crippen LogP contribution < -0.4 is 0 Å². The molecule has 114 valence electrons. The van der Waals surface area contributed by atoms with Gasteiger partial charge in [0.15, 0.2) is 11.6 Å². The molecule has 0 saturated heterocycles. The number of halogens is 3. The SMILES string of the molecule is CCN(CCn1c(CCl)nc2ccc(F)c(F)c21)C1CC1. The second-order valence-corrected chi connectivity index (χ2v) is 5.67. The van der Waals surface area contributed by atoms with Crippen LogP contribution in [0.5, 0.6) is 0 Å². The molecular formula is C15H18ClF2N3. The number of imidazole rings is 1. The monoisotopic (exact) mass is 313 g/mol. The van der Waals surface area contributed by atoms with Crippen molar-refractivity contribution in [3.63, 3.8) is 0 Å². The summed E-state index contributed by atoms with van der Waals surface area (Å²) in [6.45, 7) is 4.45. The Hall–Kier alpha value is -1.20. The van der Waals surface area contributed by atoms with Crippen molar-refractivity contribution in [3.8, 4) is 0 Å². The zero-order valence-electron chi connectivity index (χ0n) is 12.0. The second kappa shape index (κ2) is 5.89. The Bertz CT molecular complexity index is 652. The first-order chi connectivity index (χ1) is 10.2. The van der Waals surface area contributed by atoms with Crippen LogP contribution in [0.2, 0.25) is 0 Å². The Balaban J connectivity index is 1.93. The highest BCUT2D eigenvalue weighted by Crippen LogP contribution is 2.27. The predicted molar refractivity (Wildman–Crippen MR) is 79.5 cm³/mol. The Morgan fingerprint density at radius 1 is 1.38 bits per heavy atom. The van der Waals surface area contributed by atoms with Crippen LogP contribution in [0.4, 0.5) is 8.78 Å². The minimum absolute atomic E-state index is 0.186. The van der Waals surface area contributed by atoms with Gasteiger partial charge in [-0.3, -0.25) is 4.90 Å². The minimum atomic E-state index is -0.848. The fraction of sp³-hybridized carbons (Fsp3) is 0.533. The van der Waals surface area contributed by atoms with Crippen LogP contribution in [0.15, 0.2) is 12.1 Å². The molecule has 1 aliphatic carbocycles. The molecule has 6 heteroatoms. The largest absolute Gasteiger partial charge is 0.323 e. The lowest BCUT2D eigenvalue weighted by molar-refractivity contribution is 0.266. The maximum Gasteiger partial charge on any atom is 0.184 e. The van der Waals surface area contributed by atoms with E-state index in [2.05, 4.69) is 16.8 Å². The quantitative estimate of drug-likeness (QED) is 0.761. The molecule has 0 bridgehead atoms. The summed E-state index contributed by atoms with van der Waals surface area (Å²) >= 11 is 5.91. The van der Waals surface area contributed by atoms with Crippen LogP contribution in [-0.2, 0) is 12.4 Å². The van der Waals surface area contributed by atoms with Gasteiger partial charge in [-0.2, -0.15) is 0 Å². The van der Waals surface area contributed by atoms with Gasteiger partial charge >= 0.3 is 0 Å². The number of alkyl halides is 1. The van der Waals surface area contributed by atoms with Gasteiger partial charge in [0.05, 0.1) is 11.4 Å². The Labute approximate surface area is 127 Å². The van der Waals surface area contributed by atoms with Crippen molar-refractivity contribution in [1.82, 2.24) is 14.5 Å². The average molecular weight is 314 g/mol. The normalized spacial score (nSPS) is 15.3. The van der Waals surface area contributed by atoms with Crippen molar-refractivity contribution in [2.45, 2.75) is 38.2 Å². The fourth-order valence-corrected chi connectivity index (χ4v) is 3.02. The number of aromatic nitrogens is 2. The number of nitrogens with zero attached hydrogens (tertiary/aromatic N) is 3. The van der Waals surface area contributed by atoms with E-state index >= 15 is 0 Å². The molecule has 0 radical (unpaired) electrons. The van der Waals surface area contributed by atoms with E-state index in [0.29, 0.717) is 23.9 Å². The molecule has 0 N–H and O–H groups in total. The molecule has 1 fully saturated rings. The van der Waals surface area contributed by atoms with E-state index in [-0.39, 0.29) is 11.4 Å². The molecule has 1 aliphatic rings. The lowest BCUT2D eigenvalue weighted by atomic mass is 10.3. The molecule has 3 nitrogen and oxygen atoms in total. The number of hydrogen-bond donors (Lipinski definition) is 0. The standard InChI is InChI=1S/C15H18ClF2N3/c1-2-20(10-3-4-10)7-8-21-13(9-16)19-12-6-5-11(17)14(18)15(12)21/h5-6,10H,2-4,7-9H2,1H3. The molecule has 0 aliphatic heterocycles. The van der Waals surface area contributed by atoms with Crippen LogP contribution in [0.3, 0.4) is 0 Å². The number of rotatable bonds is 6. The highest BCUT2D eigenvalue weighted by Gasteiger charge is 2.27. The maximum atomic E-state index is 14.1. The van der Waals surface area contributed by atoms with Crippen molar-refractivity contribution in [2.24, 2.45) is 0 Å².